The Morgan fingerprint density at radius 1 is 1.53 bits per heavy atom. The number of aromatic amines is 1. The Morgan fingerprint density at radius 2 is 2.27 bits per heavy atom. The van der Waals surface area contributed by atoms with Crippen molar-refractivity contribution in [1.82, 2.24) is 9.97 Å². The minimum absolute atomic E-state index is 0.116. The molecule has 0 aromatic carbocycles. The standard InChI is InChI=1S/C9H6F2N2O2/c10-9(11,8(14)15)6-4-13-7-5(6)2-1-3-12-7/h1-4H,(H,12,13)(H,14,15). The number of hydrogen-bond acceptors (Lipinski definition) is 2. The van der Waals surface area contributed by atoms with Crippen molar-refractivity contribution in [2.45, 2.75) is 5.92 Å². The van der Waals surface area contributed by atoms with Crippen molar-refractivity contribution in [1.29, 1.82) is 0 Å². The molecule has 2 aromatic heterocycles. The third-order valence-electron chi connectivity index (χ3n) is 2.06. The van der Waals surface area contributed by atoms with E-state index >= 15 is 0 Å². The van der Waals surface area contributed by atoms with Gasteiger partial charge in [0.2, 0.25) is 0 Å². The number of nitrogens with zero attached hydrogens (tertiary/aromatic N) is 1. The zero-order valence-electron chi connectivity index (χ0n) is 7.37. The molecule has 0 aliphatic heterocycles. The molecule has 0 atom stereocenters. The van der Waals surface area contributed by atoms with Gasteiger partial charge in [0.1, 0.15) is 5.65 Å². The highest BCUT2D eigenvalue weighted by Crippen LogP contribution is 2.33. The summed E-state index contributed by atoms with van der Waals surface area (Å²) >= 11 is 0. The van der Waals surface area contributed by atoms with Crippen molar-refractivity contribution in [3.8, 4) is 0 Å². The molecule has 0 saturated heterocycles. The number of aliphatic carboxylic acids is 1. The second kappa shape index (κ2) is 3.01. The minimum Gasteiger partial charge on any atom is -0.477 e. The van der Waals surface area contributed by atoms with Crippen LogP contribution in [-0.2, 0) is 10.7 Å². The van der Waals surface area contributed by atoms with Crippen molar-refractivity contribution in [3.05, 3.63) is 30.1 Å². The maximum atomic E-state index is 13.2. The van der Waals surface area contributed by atoms with Gasteiger partial charge < -0.3 is 10.1 Å². The zero-order valence-corrected chi connectivity index (χ0v) is 7.37. The summed E-state index contributed by atoms with van der Waals surface area (Å²) < 4.78 is 26.4. The zero-order chi connectivity index (χ0) is 11.1. The summed E-state index contributed by atoms with van der Waals surface area (Å²) in [6, 6.07) is 2.86. The van der Waals surface area contributed by atoms with E-state index in [0.29, 0.717) is 0 Å². The fraction of sp³-hybridized carbons (Fsp3) is 0.111. The Hall–Kier alpha value is -1.98. The van der Waals surface area contributed by atoms with Crippen molar-refractivity contribution in [2.75, 3.05) is 0 Å². The van der Waals surface area contributed by atoms with E-state index in [9.17, 15) is 13.6 Å². The average molecular weight is 212 g/mol. The topological polar surface area (TPSA) is 66.0 Å². The number of nitrogens with one attached hydrogen (secondary N) is 1. The molecule has 78 valence electrons. The number of H-pyrrole nitrogens is 1. The molecule has 4 nitrogen and oxygen atoms in total. The van der Waals surface area contributed by atoms with Crippen LogP contribution < -0.4 is 0 Å². The Bertz CT molecular complexity index is 522. The van der Waals surface area contributed by atoms with Gasteiger partial charge in [-0.25, -0.2) is 9.78 Å². The predicted molar refractivity (Wildman–Crippen MR) is 47.6 cm³/mol. The molecule has 0 aliphatic carbocycles. The van der Waals surface area contributed by atoms with Gasteiger partial charge in [-0.1, -0.05) is 0 Å². The molecule has 0 aliphatic rings. The van der Waals surface area contributed by atoms with Crippen LogP contribution in [0.4, 0.5) is 8.78 Å². The quantitative estimate of drug-likeness (QED) is 0.796. The van der Waals surface area contributed by atoms with Crippen molar-refractivity contribution in [2.24, 2.45) is 0 Å². The molecule has 0 spiro atoms. The Morgan fingerprint density at radius 3 is 2.93 bits per heavy atom. The van der Waals surface area contributed by atoms with Crippen LogP contribution in [0, 0.1) is 0 Å². The maximum absolute atomic E-state index is 13.2. The van der Waals surface area contributed by atoms with Crippen LogP contribution in [0.15, 0.2) is 24.5 Å². The van der Waals surface area contributed by atoms with E-state index < -0.39 is 17.5 Å². The van der Waals surface area contributed by atoms with Gasteiger partial charge in [0.05, 0.1) is 5.56 Å². The molecule has 2 N–H and O–H groups in total. The normalized spacial score (nSPS) is 11.9. The molecule has 6 heteroatoms. The third-order valence-corrected chi connectivity index (χ3v) is 2.06. The lowest BCUT2D eigenvalue weighted by molar-refractivity contribution is -0.166. The summed E-state index contributed by atoms with van der Waals surface area (Å²) in [6.07, 6.45) is 2.40. The van der Waals surface area contributed by atoms with Gasteiger partial charge >= 0.3 is 11.9 Å². The third kappa shape index (κ3) is 1.34. The molecule has 0 radical (unpaired) electrons. The molecule has 0 bridgehead atoms. The van der Waals surface area contributed by atoms with Crippen molar-refractivity contribution >= 4 is 17.0 Å². The first-order valence-electron chi connectivity index (χ1n) is 4.07. The summed E-state index contributed by atoms with van der Waals surface area (Å²) in [5.74, 6) is -6.08. The van der Waals surface area contributed by atoms with Gasteiger partial charge in [0.25, 0.3) is 0 Å². The van der Waals surface area contributed by atoms with E-state index in [2.05, 4.69) is 9.97 Å². The first kappa shape index (κ1) is 9.57. The largest absolute Gasteiger partial charge is 0.477 e. The molecule has 0 fully saturated rings. The van der Waals surface area contributed by atoms with Gasteiger partial charge in [-0.2, -0.15) is 8.78 Å². The van der Waals surface area contributed by atoms with Crippen LogP contribution in [0.25, 0.3) is 11.0 Å². The monoisotopic (exact) mass is 212 g/mol. The maximum Gasteiger partial charge on any atom is 0.379 e. The van der Waals surface area contributed by atoms with Crippen LogP contribution in [0.2, 0.25) is 0 Å². The highest BCUT2D eigenvalue weighted by atomic mass is 19.3. The molecule has 0 saturated carbocycles. The lowest BCUT2D eigenvalue weighted by atomic mass is 10.1. The summed E-state index contributed by atoms with van der Waals surface area (Å²) in [7, 11) is 0. The number of carboxylic acids is 1. The fourth-order valence-corrected chi connectivity index (χ4v) is 1.33. The SMILES string of the molecule is O=C(O)C(F)(F)c1c[nH]c2ncccc12. The highest BCUT2D eigenvalue weighted by molar-refractivity contribution is 5.88. The smallest absolute Gasteiger partial charge is 0.379 e. The lowest BCUT2D eigenvalue weighted by Gasteiger charge is -2.08. The van der Waals surface area contributed by atoms with E-state index in [-0.39, 0.29) is 11.0 Å². The number of hydrogen-bond donors (Lipinski definition) is 2. The van der Waals surface area contributed by atoms with Crippen LogP contribution in [0.5, 0.6) is 0 Å². The number of fused-ring (bicyclic) bond motifs is 1. The van der Waals surface area contributed by atoms with E-state index in [1.807, 2.05) is 0 Å². The summed E-state index contributed by atoms with van der Waals surface area (Å²) in [5, 5.41) is 8.50. The first-order chi connectivity index (χ1) is 7.03. The van der Waals surface area contributed by atoms with Gasteiger partial charge in [-0.15, -0.1) is 0 Å². The van der Waals surface area contributed by atoms with Crippen molar-refractivity contribution < 1.29 is 18.7 Å². The molecular weight excluding hydrogens is 206 g/mol. The second-order valence-electron chi connectivity index (χ2n) is 2.98. The predicted octanol–water partition coefficient (Wildman–Crippen LogP) is 1.74. The van der Waals surface area contributed by atoms with Gasteiger partial charge in [-0.3, -0.25) is 0 Å². The number of carbonyl (C=O) groups is 1. The molecule has 0 unspecified atom stereocenters. The second-order valence-corrected chi connectivity index (χ2v) is 2.98. The fourth-order valence-electron chi connectivity index (χ4n) is 1.33. The number of rotatable bonds is 2. The summed E-state index contributed by atoms with van der Waals surface area (Å²) in [6.45, 7) is 0. The molecule has 0 amide bonds. The Labute approximate surface area is 82.6 Å². The molecule has 2 heterocycles. The van der Waals surface area contributed by atoms with Crippen LogP contribution in [-0.4, -0.2) is 21.0 Å². The number of aromatic nitrogens is 2. The Kier molecular flexibility index (Phi) is 1.92. The molecular formula is C9H6F2N2O2. The average Bonchev–Trinajstić information content (AvgIpc) is 2.61. The number of alkyl halides is 2. The van der Waals surface area contributed by atoms with Crippen molar-refractivity contribution in [3.63, 3.8) is 0 Å². The number of halogens is 2. The minimum atomic E-state index is -3.90. The van der Waals surface area contributed by atoms with E-state index in [0.717, 1.165) is 6.20 Å². The van der Waals surface area contributed by atoms with E-state index in [4.69, 9.17) is 5.11 Å². The van der Waals surface area contributed by atoms with Crippen LogP contribution in [0.3, 0.4) is 0 Å². The number of pyridine rings is 1. The summed E-state index contributed by atoms with van der Waals surface area (Å²) in [5.41, 5.74) is -0.327. The Balaban J connectivity index is 2.67. The van der Waals surface area contributed by atoms with Gasteiger partial charge in [0, 0.05) is 17.8 Å². The van der Waals surface area contributed by atoms with E-state index in [1.165, 1.54) is 18.3 Å². The number of carboxylic acid groups (broad SMARTS) is 1. The van der Waals surface area contributed by atoms with E-state index in [1.54, 1.807) is 0 Å². The van der Waals surface area contributed by atoms with Crippen LogP contribution >= 0.6 is 0 Å². The van der Waals surface area contributed by atoms with Gasteiger partial charge in [-0.05, 0) is 12.1 Å². The summed E-state index contributed by atoms with van der Waals surface area (Å²) in [4.78, 5) is 16.7. The van der Waals surface area contributed by atoms with Gasteiger partial charge in [0.15, 0.2) is 0 Å². The lowest BCUT2D eigenvalue weighted by Crippen LogP contribution is -2.24. The first-order valence-corrected chi connectivity index (χ1v) is 4.07. The molecule has 2 aromatic rings. The molecule has 2 rings (SSSR count). The molecule has 15 heavy (non-hydrogen) atoms. The van der Waals surface area contributed by atoms with Crippen LogP contribution in [0.1, 0.15) is 5.56 Å². The highest BCUT2D eigenvalue weighted by Gasteiger charge is 2.43.